The number of carbonyl (C=O) groups is 1. The monoisotopic (exact) mass is 302 g/mol. The van der Waals surface area contributed by atoms with Crippen LogP contribution in [-0.4, -0.2) is 12.8 Å². The fourth-order valence-corrected chi connectivity index (χ4v) is 2.89. The SMILES string of the molecule is CCCCC1CC=C(c2ccc(OC(=O)OCC)cc2)CC1. The third-order valence-electron chi connectivity index (χ3n) is 4.17. The Hall–Kier alpha value is -1.77. The Morgan fingerprint density at radius 3 is 2.59 bits per heavy atom. The van der Waals surface area contributed by atoms with E-state index in [4.69, 9.17) is 9.47 Å². The summed E-state index contributed by atoms with van der Waals surface area (Å²) < 4.78 is 9.84. The molecule has 1 aromatic rings. The Morgan fingerprint density at radius 2 is 2.00 bits per heavy atom. The zero-order chi connectivity index (χ0) is 15.8. The largest absolute Gasteiger partial charge is 0.513 e. The molecule has 0 spiro atoms. The van der Waals surface area contributed by atoms with E-state index >= 15 is 0 Å². The second-order valence-electron chi connectivity index (χ2n) is 5.82. The van der Waals surface area contributed by atoms with Crippen LogP contribution in [0.5, 0.6) is 5.75 Å². The van der Waals surface area contributed by atoms with Gasteiger partial charge in [-0.3, -0.25) is 0 Å². The van der Waals surface area contributed by atoms with Crippen LogP contribution in [0.4, 0.5) is 4.79 Å². The van der Waals surface area contributed by atoms with E-state index in [9.17, 15) is 4.79 Å². The standard InChI is InChI=1S/C19H26O3/c1-3-5-6-15-7-9-16(10-8-15)17-11-13-18(14-12-17)22-19(20)21-4-2/h9,11-15H,3-8,10H2,1-2H3. The van der Waals surface area contributed by atoms with Crippen LogP contribution in [0.1, 0.15) is 57.9 Å². The third-order valence-corrected chi connectivity index (χ3v) is 4.17. The Labute approximate surface area is 133 Å². The first-order chi connectivity index (χ1) is 10.7. The van der Waals surface area contributed by atoms with E-state index in [1.165, 1.54) is 43.2 Å². The molecule has 0 bridgehead atoms. The molecule has 1 unspecified atom stereocenters. The molecule has 1 aromatic carbocycles. The minimum absolute atomic E-state index is 0.322. The van der Waals surface area contributed by atoms with E-state index in [1.807, 2.05) is 24.3 Å². The van der Waals surface area contributed by atoms with Crippen molar-refractivity contribution in [2.75, 3.05) is 6.61 Å². The molecule has 3 heteroatoms. The van der Waals surface area contributed by atoms with Crippen molar-refractivity contribution in [1.29, 1.82) is 0 Å². The summed E-state index contributed by atoms with van der Waals surface area (Å²) in [5.41, 5.74) is 2.64. The average molecular weight is 302 g/mol. The summed E-state index contributed by atoms with van der Waals surface area (Å²) in [6, 6.07) is 7.70. The quantitative estimate of drug-likeness (QED) is 0.507. The highest BCUT2D eigenvalue weighted by Gasteiger charge is 2.15. The van der Waals surface area contributed by atoms with Crippen molar-refractivity contribution in [3.8, 4) is 5.75 Å². The number of carbonyl (C=O) groups excluding carboxylic acids is 1. The summed E-state index contributed by atoms with van der Waals surface area (Å²) >= 11 is 0. The van der Waals surface area contributed by atoms with Crippen molar-refractivity contribution in [2.24, 2.45) is 5.92 Å². The van der Waals surface area contributed by atoms with Gasteiger partial charge in [-0.1, -0.05) is 44.4 Å². The van der Waals surface area contributed by atoms with E-state index in [-0.39, 0.29) is 0 Å². The van der Waals surface area contributed by atoms with Gasteiger partial charge in [-0.2, -0.15) is 0 Å². The van der Waals surface area contributed by atoms with Gasteiger partial charge in [-0.15, -0.1) is 0 Å². The number of allylic oxidation sites excluding steroid dienone is 2. The summed E-state index contributed by atoms with van der Waals surface area (Å²) in [4.78, 5) is 11.3. The van der Waals surface area contributed by atoms with E-state index in [1.54, 1.807) is 6.92 Å². The molecule has 0 aromatic heterocycles. The first-order valence-corrected chi connectivity index (χ1v) is 8.37. The fourth-order valence-electron chi connectivity index (χ4n) is 2.89. The number of hydrogen-bond donors (Lipinski definition) is 0. The topological polar surface area (TPSA) is 35.5 Å². The molecule has 22 heavy (non-hydrogen) atoms. The van der Waals surface area contributed by atoms with Gasteiger partial charge in [0.15, 0.2) is 0 Å². The zero-order valence-corrected chi connectivity index (χ0v) is 13.6. The van der Waals surface area contributed by atoms with Crippen molar-refractivity contribution < 1.29 is 14.3 Å². The van der Waals surface area contributed by atoms with Crippen LogP contribution >= 0.6 is 0 Å². The van der Waals surface area contributed by atoms with Crippen molar-refractivity contribution in [1.82, 2.24) is 0 Å². The van der Waals surface area contributed by atoms with Crippen LogP contribution in [0.2, 0.25) is 0 Å². The third kappa shape index (κ3) is 4.90. The average Bonchev–Trinajstić information content (AvgIpc) is 2.54. The van der Waals surface area contributed by atoms with Gasteiger partial charge in [0, 0.05) is 0 Å². The van der Waals surface area contributed by atoms with Gasteiger partial charge in [-0.25, -0.2) is 4.79 Å². The van der Waals surface area contributed by atoms with E-state index < -0.39 is 6.16 Å². The van der Waals surface area contributed by atoms with Crippen LogP contribution in [0, 0.1) is 5.92 Å². The molecule has 1 atom stereocenters. The molecular weight excluding hydrogens is 276 g/mol. The smallest absolute Gasteiger partial charge is 0.434 e. The van der Waals surface area contributed by atoms with E-state index in [2.05, 4.69) is 13.0 Å². The molecule has 120 valence electrons. The lowest BCUT2D eigenvalue weighted by molar-refractivity contribution is 0.104. The maximum atomic E-state index is 11.3. The Bertz CT molecular complexity index is 502. The highest BCUT2D eigenvalue weighted by Crippen LogP contribution is 2.33. The molecular formula is C19H26O3. The van der Waals surface area contributed by atoms with Gasteiger partial charge in [-0.05, 0) is 55.4 Å². The van der Waals surface area contributed by atoms with Gasteiger partial charge in [0.05, 0.1) is 6.61 Å². The Balaban J connectivity index is 1.91. The number of benzene rings is 1. The first kappa shape index (κ1) is 16.6. The molecule has 0 aliphatic heterocycles. The molecule has 0 heterocycles. The minimum Gasteiger partial charge on any atom is -0.434 e. The number of hydrogen-bond acceptors (Lipinski definition) is 3. The maximum Gasteiger partial charge on any atom is 0.513 e. The molecule has 0 saturated carbocycles. The lowest BCUT2D eigenvalue weighted by Gasteiger charge is -2.22. The molecule has 0 fully saturated rings. The maximum absolute atomic E-state index is 11.3. The van der Waals surface area contributed by atoms with Gasteiger partial charge in [0.1, 0.15) is 5.75 Å². The van der Waals surface area contributed by atoms with Crippen LogP contribution in [0.15, 0.2) is 30.3 Å². The molecule has 0 N–H and O–H groups in total. The Kier molecular flexibility index (Phi) is 6.50. The lowest BCUT2D eigenvalue weighted by Crippen LogP contribution is -2.10. The lowest BCUT2D eigenvalue weighted by atomic mass is 9.84. The highest BCUT2D eigenvalue weighted by molar-refractivity contribution is 5.68. The fraction of sp³-hybridized carbons (Fsp3) is 0.526. The van der Waals surface area contributed by atoms with Crippen LogP contribution in [0.3, 0.4) is 0 Å². The van der Waals surface area contributed by atoms with E-state index in [0.29, 0.717) is 12.4 Å². The minimum atomic E-state index is -0.647. The van der Waals surface area contributed by atoms with E-state index in [0.717, 1.165) is 12.3 Å². The van der Waals surface area contributed by atoms with Gasteiger partial charge in [0.25, 0.3) is 0 Å². The number of ether oxygens (including phenoxy) is 2. The Morgan fingerprint density at radius 1 is 1.23 bits per heavy atom. The highest BCUT2D eigenvalue weighted by atomic mass is 16.7. The molecule has 0 radical (unpaired) electrons. The van der Waals surface area contributed by atoms with Crippen molar-refractivity contribution in [3.63, 3.8) is 0 Å². The normalized spacial score (nSPS) is 17.7. The predicted molar refractivity (Wildman–Crippen MR) is 88.9 cm³/mol. The predicted octanol–water partition coefficient (Wildman–Crippen LogP) is 5.60. The molecule has 1 aliphatic rings. The van der Waals surface area contributed by atoms with Gasteiger partial charge >= 0.3 is 6.16 Å². The van der Waals surface area contributed by atoms with Gasteiger partial charge in [0.2, 0.25) is 0 Å². The van der Waals surface area contributed by atoms with Crippen LogP contribution in [0.25, 0.3) is 5.57 Å². The van der Waals surface area contributed by atoms with Crippen molar-refractivity contribution >= 4 is 11.7 Å². The molecule has 2 rings (SSSR count). The van der Waals surface area contributed by atoms with Crippen LogP contribution < -0.4 is 4.74 Å². The molecule has 0 amide bonds. The van der Waals surface area contributed by atoms with Gasteiger partial charge < -0.3 is 9.47 Å². The number of rotatable bonds is 6. The molecule has 1 aliphatic carbocycles. The second-order valence-corrected chi connectivity index (χ2v) is 5.82. The summed E-state index contributed by atoms with van der Waals surface area (Å²) in [7, 11) is 0. The molecule has 3 nitrogen and oxygen atoms in total. The summed E-state index contributed by atoms with van der Waals surface area (Å²) in [6.45, 7) is 4.33. The van der Waals surface area contributed by atoms with Crippen molar-refractivity contribution in [2.45, 2.75) is 52.4 Å². The summed E-state index contributed by atoms with van der Waals surface area (Å²) in [5.74, 6) is 1.38. The summed E-state index contributed by atoms with van der Waals surface area (Å²) in [6.07, 6.45) is 9.33. The molecule has 0 saturated heterocycles. The van der Waals surface area contributed by atoms with Crippen molar-refractivity contribution in [3.05, 3.63) is 35.9 Å². The second kappa shape index (κ2) is 8.62. The van der Waals surface area contributed by atoms with Crippen LogP contribution in [-0.2, 0) is 4.74 Å². The summed E-state index contributed by atoms with van der Waals surface area (Å²) in [5, 5.41) is 0. The zero-order valence-electron chi connectivity index (χ0n) is 13.6. The number of unbranched alkanes of at least 4 members (excludes halogenated alkanes) is 1. The first-order valence-electron chi connectivity index (χ1n) is 8.37.